The lowest BCUT2D eigenvalue weighted by atomic mass is 10.1. The molecule has 1 heterocycles. The monoisotopic (exact) mass is 451 g/mol. The number of ether oxygens (including phenoxy) is 3. The zero-order valence-corrected chi connectivity index (χ0v) is 19.6. The van der Waals surface area contributed by atoms with Gasteiger partial charge in [-0.25, -0.2) is 0 Å². The number of hydrogen-bond acceptors (Lipinski definition) is 7. The third kappa shape index (κ3) is 7.02. The van der Waals surface area contributed by atoms with Crippen molar-refractivity contribution in [3.63, 3.8) is 0 Å². The van der Waals surface area contributed by atoms with Gasteiger partial charge in [0.1, 0.15) is 4.32 Å². The largest absolute Gasteiger partial charge is 0.490 e. The van der Waals surface area contributed by atoms with E-state index in [2.05, 4.69) is 13.8 Å². The van der Waals surface area contributed by atoms with Gasteiger partial charge in [0.2, 0.25) is 0 Å². The van der Waals surface area contributed by atoms with Crippen molar-refractivity contribution in [2.45, 2.75) is 40.5 Å². The highest BCUT2D eigenvalue weighted by molar-refractivity contribution is 8.26. The van der Waals surface area contributed by atoms with Gasteiger partial charge in [-0.15, -0.1) is 0 Å². The molecule has 0 aliphatic carbocycles. The summed E-state index contributed by atoms with van der Waals surface area (Å²) >= 11 is 6.54. The van der Waals surface area contributed by atoms with Gasteiger partial charge < -0.3 is 14.2 Å². The van der Waals surface area contributed by atoms with Crippen LogP contribution >= 0.6 is 24.0 Å². The number of nitrogens with zero attached hydrogens (tertiary/aromatic N) is 1. The fourth-order valence-electron chi connectivity index (χ4n) is 2.69. The van der Waals surface area contributed by atoms with Crippen LogP contribution in [0.1, 0.15) is 46.1 Å². The Balaban J connectivity index is 2.11. The van der Waals surface area contributed by atoms with Gasteiger partial charge in [0.15, 0.2) is 11.5 Å². The van der Waals surface area contributed by atoms with Crippen LogP contribution in [0.4, 0.5) is 0 Å². The highest BCUT2D eigenvalue weighted by atomic mass is 32.2. The molecule has 1 amide bonds. The fraction of sp³-hybridized carbons (Fsp3) is 0.500. The Morgan fingerprint density at radius 1 is 1.20 bits per heavy atom. The van der Waals surface area contributed by atoms with Crippen molar-refractivity contribution in [1.29, 1.82) is 0 Å². The van der Waals surface area contributed by atoms with E-state index < -0.39 is 0 Å². The predicted molar refractivity (Wildman–Crippen MR) is 124 cm³/mol. The van der Waals surface area contributed by atoms with Crippen molar-refractivity contribution in [2.24, 2.45) is 5.92 Å². The van der Waals surface area contributed by atoms with Crippen LogP contribution in [0.5, 0.6) is 11.5 Å². The summed E-state index contributed by atoms with van der Waals surface area (Å²) in [5.41, 5.74) is 0.820. The zero-order valence-electron chi connectivity index (χ0n) is 17.9. The van der Waals surface area contributed by atoms with Gasteiger partial charge >= 0.3 is 5.97 Å². The Morgan fingerprint density at radius 2 is 1.97 bits per heavy atom. The highest BCUT2D eigenvalue weighted by Crippen LogP contribution is 2.35. The zero-order chi connectivity index (χ0) is 22.1. The van der Waals surface area contributed by atoms with E-state index in [-0.39, 0.29) is 24.8 Å². The van der Waals surface area contributed by atoms with Crippen molar-refractivity contribution in [3.8, 4) is 11.5 Å². The van der Waals surface area contributed by atoms with Gasteiger partial charge in [0.25, 0.3) is 5.91 Å². The van der Waals surface area contributed by atoms with Crippen molar-refractivity contribution < 1.29 is 23.8 Å². The summed E-state index contributed by atoms with van der Waals surface area (Å²) in [7, 11) is 0. The number of esters is 1. The van der Waals surface area contributed by atoms with Gasteiger partial charge in [0.05, 0.1) is 31.1 Å². The third-order valence-corrected chi connectivity index (χ3v) is 5.61. The summed E-state index contributed by atoms with van der Waals surface area (Å²) in [5, 5.41) is 0. The van der Waals surface area contributed by atoms with Crippen LogP contribution in [0, 0.1) is 5.92 Å². The maximum Gasteiger partial charge on any atom is 0.307 e. The van der Waals surface area contributed by atoms with Gasteiger partial charge in [-0.2, -0.15) is 0 Å². The number of thioether (sulfide) groups is 1. The average molecular weight is 452 g/mol. The van der Waals surface area contributed by atoms with Gasteiger partial charge in [-0.05, 0) is 50.0 Å². The molecule has 6 nitrogen and oxygen atoms in total. The molecule has 164 valence electrons. The first-order valence-electron chi connectivity index (χ1n) is 10.2. The number of carbonyl (C=O) groups is 2. The first-order chi connectivity index (χ1) is 14.3. The van der Waals surface area contributed by atoms with Crippen molar-refractivity contribution in [2.75, 3.05) is 26.4 Å². The third-order valence-electron chi connectivity index (χ3n) is 4.24. The summed E-state index contributed by atoms with van der Waals surface area (Å²) in [6.45, 7) is 9.63. The predicted octanol–water partition coefficient (Wildman–Crippen LogP) is 4.66. The smallest absolute Gasteiger partial charge is 0.307 e. The molecule has 1 aromatic carbocycles. The lowest BCUT2D eigenvalue weighted by molar-refractivity contribution is -0.143. The summed E-state index contributed by atoms with van der Waals surface area (Å²) in [6.07, 6.45) is 2.86. The molecular weight excluding hydrogens is 422 g/mol. The Bertz CT molecular complexity index is 807. The normalized spacial score (nSPS) is 15.2. The van der Waals surface area contributed by atoms with E-state index in [1.807, 2.05) is 25.1 Å². The van der Waals surface area contributed by atoms with E-state index in [4.69, 9.17) is 26.4 Å². The molecule has 0 aromatic heterocycles. The van der Waals surface area contributed by atoms with E-state index >= 15 is 0 Å². The first-order valence-corrected chi connectivity index (χ1v) is 11.4. The summed E-state index contributed by atoms with van der Waals surface area (Å²) in [5.74, 6) is 1.35. The van der Waals surface area contributed by atoms with E-state index in [1.165, 1.54) is 16.7 Å². The summed E-state index contributed by atoms with van der Waals surface area (Å²) < 4.78 is 16.9. The molecule has 1 aromatic rings. The summed E-state index contributed by atoms with van der Waals surface area (Å²) in [6, 6.07) is 5.61. The molecule has 1 aliphatic rings. The van der Waals surface area contributed by atoms with Crippen molar-refractivity contribution in [1.82, 2.24) is 4.90 Å². The molecule has 0 saturated carbocycles. The number of carbonyl (C=O) groups excluding carboxylic acids is 2. The average Bonchev–Trinajstić information content (AvgIpc) is 2.95. The molecule has 2 rings (SSSR count). The van der Waals surface area contributed by atoms with Crippen LogP contribution in [-0.4, -0.2) is 47.5 Å². The number of hydrogen-bond donors (Lipinski definition) is 0. The Hall–Kier alpha value is -2.06. The summed E-state index contributed by atoms with van der Waals surface area (Å²) in [4.78, 5) is 26.2. The maximum absolute atomic E-state index is 12.7. The molecule has 0 atom stereocenters. The van der Waals surface area contributed by atoms with Crippen LogP contribution in [0.25, 0.3) is 6.08 Å². The molecule has 30 heavy (non-hydrogen) atoms. The van der Waals surface area contributed by atoms with E-state index in [0.29, 0.717) is 46.5 Å². The van der Waals surface area contributed by atoms with E-state index in [1.54, 1.807) is 13.0 Å². The van der Waals surface area contributed by atoms with Gasteiger partial charge in [-0.1, -0.05) is 43.9 Å². The molecule has 0 N–H and O–H groups in total. The second-order valence-electron chi connectivity index (χ2n) is 7.06. The van der Waals surface area contributed by atoms with Crippen LogP contribution < -0.4 is 9.47 Å². The molecule has 0 bridgehead atoms. The lowest BCUT2D eigenvalue weighted by Gasteiger charge is -2.14. The minimum Gasteiger partial charge on any atom is -0.490 e. The van der Waals surface area contributed by atoms with Gasteiger partial charge in [0, 0.05) is 6.54 Å². The van der Waals surface area contributed by atoms with Crippen LogP contribution in [0.15, 0.2) is 23.1 Å². The molecule has 8 heteroatoms. The molecule has 1 saturated heterocycles. The Morgan fingerprint density at radius 3 is 2.63 bits per heavy atom. The molecular formula is C22H29NO5S2. The molecule has 0 radical (unpaired) electrons. The Labute approximate surface area is 187 Å². The topological polar surface area (TPSA) is 65.1 Å². The SMILES string of the molecule is CCOC(=O)CCN1C(=O)/C(=C\c2ccc(OCCC(C)C)c(OCC)c2)SC1=S. The van der Waals surface area contributed by atoms with Crippen molar-refractivity contribution >= 4 is 46.3 Å². The van der Waals surface area contributed by atoms with Crippen LogP contribution in [0.3, 0.4) is 0 Å². The van der Waals surface area contributed by atoms with Crippen molar-refractivity contribution in [3.05, 3.63) is 28.7 Å². The Kier molecular flexibility index (Phi) is 9.65. The number of rotatable bonds is 11. The second-order valence-corrected chi connectivity index (χ2v) is 8.73. The number of benzene rings is 1. The quantitative estimate of drug-likeness (QED) is 0.275. The first kappa shape index (κ1) is 24.2. The molecule has 1 aliphatic heterocycles. The highest BCUT2D eigenvalue weighted by Gasteiger charge is 2.32. The lowest BCUT2D eigenvalue weighted by Crippen LogP contribution is -2.30. The minimum atomic E-state index is -0.343. The molecule has 0 spiro atoms. The number of thiocarbonyl (C=S) groups is 1. The standard InChI is InChI=1S/C22H29NO5S2/c1-5-26-18-13-16(7-8-17(18)28-12-10-15(3)4)14-19-21(25)23(22(29)30-19)11-9-20(24)27-6-2/h7-8,13-15H,5-6,9-12H2,1-4H3/b19-14+. The van der Waals surface area contributed by atoms with Crippen LogP contribution in [-0.2, 0) is 14.3 Å². The maximum atomic E-state index is 12.7. The van der Waals surface area contributed by atoms with E-state index in [9.17, 15) is 9.59 Å². The molecule has 0 unspecified atom stereocenters. The molecule has 1 fully saturated rings. The second kappa shape index (κ2) is 12.0. The fourth-order valence-corrected chi connectivity index (χ4v) is 4.00. The van der Waals surface area contributed by atoms with Gasteiger partial charge in [-0.3, -0.25) is 14.5 Å². The minimum absolute atomic E-state index is 0.116. The van der Waals surface area contributed by atoms with Crippen LogP contribution in [0.2, 0.25) is 0 Å². The number of amides is 1. The van der Waals surface area contributed by atoms with E-state index in [0.717, 1.165) is 12.0 Å².